The van der Waals surface area contributed by atoms with E-state index in [-0.39, 0.29) is 12.5 Å². The van der Waals surface area contributed by atoms with E-state index in [1.165, 1.54) is 13.1 Å². The Kier molecular flexibility index (Phi) is 8.55. The zero-order chi connectivity index (χ0) is 17.9. The van der Waals surface area contributed by atoms with E-state index in [1.54, 1.807) is 13.2 Å². The van der Waals surface area contributed by atoms with Crippen molar-refractivity contribution >= 4 is 5.91 Å². The molecule has 2 rings (SSSR count). The van der Waals surface area contributed by atoms with E-state index in [9.17, 15) is 4.79 Å². The van der Waals surface area contributed by atoms with Gasteiger partial charge in [-0.1, -0.05) is 19.1 Å². The van der Waals surface area contributed by atoms with Crippen LogP contribution in [-0.4, -0.2) is 75.2 Å². The highest BCUT2D eigenvalue weighted by atomic mass is 16.5. The summed E-state index contributed by atoms with van der Waals surface area (Å²) in [5.74, 6) is 1.13. The maximum atomic E-state index is 11.9. The molecule has 6 nitrogen and oxygen atoms in total. The average molecular weight is 349 g/mol. The molecule has 1 saturated heterocycles. The molecule has 1 heterocycles. The molecule has 1 aromatic carbocycles. The predicted octanol–water partition coefficient (Wildman–Crippen LogP) is 1.61. The van der Waals surface area contributed by atoms with Gasteiger partial charge in [-0.2, -0.15) is 0 Å². The van der Waals surface area contributed by atoms with Crippen molar-refractivity contribution in [1.82, 2.24) is 15.1 Å². The topological polar surface area (TPSA) is 54.0 Å². The van der Waals surface area contributed by atoms with Crippen LogP contribution in [0.25, 0.3) is 0 Å². The Morgan fingerprint density at radius 3 is 2.44 bits per heavy atom. The lowest BCUT2D eigenvalue weighted by molar-refractivity contribution is -0.123. The molecule has 1 aliphatic heterocycles. The quantitative estimate of drug-likeness (QED) is 0.651. The minimum atomic E-state index is -0.0949. The third-order valence-corrected chi connectivity index (χ3v) is 4.56. The summed E-state index contributed by atoms with van der Waals surface area (Å²) in [5.41, 5.74) is 0. The lowest BCUT2D eigenvalue weighted by atomic mass is 10.2. The first-order valence-corrected chi connectivity index (χ1v) is 9.20. The fraction of sp³-hybridized carbons (Fsp3) is 0.632. The molecule has 1 N–H and O–H groups in total. The van der Waals surface area contributed by atoms with Gasteiger partial charge in [0.25, 0.3) is 5.91 Å². The molecule has 0 aromatic heterocycles. The first-order chi connectivity index (χ1) is 12.2. The third kappa shape index (κ3) is 6.92. The van der Waals surface area contributed by atoms with Gasteiger partial charge in [-0.25, -0.2) is 0 Å². The van der Waals surface area contributed by atoms with Crippen molar-refractivity contribution in [1.29, 1.82) is 0 Å². The maximum absolute atomic E-state index is 11.9. The maximum Gasteiger partial charge on any atom is 0.257 e. The van der Waals surface area contributed by atoms with Crippen LogP contribution in [0.2, 0.25) is 0 Å². The van der Waals surface area contributed by atoms with Gasteiger partial charge in [0.1, 0.15) is 0 Å². The van der Waals surface area contributed by atoms with Crippen LogP contribution in [0.4, 0.5) is 0 Å². The van der Waals surface area contributed by atoms with Crippen LogP contribution in [-0.2, 0) is 4.79 Å². The minimum absolute atomic E-state index is 0.0132. The summed E-state index contributed by atoms with van der Waals surface area (Å²) in [7, 11) is 1.59. The van der Waals surface area contributed by atoms with Crippen molar-refractivity contribution in [2.75, 3.05) is 59.5 Å². The number of para-hydroxylation sites is 2. The second-order valence-corrected chi connectivity index (χ2v) is 6.27. The van der Waals surface area contributed by atoms with E-state index in [0.29, 0.717) is 18.0 Å². The Hall–Kier alpha value is -1.79. The molecule has 25 heavy (non-hydrogen) atoms. The molecule has 0 unspecified atom stereocenters. The van der Waals surface area contributed by atoms with Crippen LogP contribution < -0.4 is 14.8 Å². The highest BCUT2D eigenvalue weighted by Crippen LogP contribution is 2.25. The second-order valence-electron chi connectivity index (χ2n) is 6.27. The van der Waals surface area contributed by atoms with Crippen LogP contribution in [0.5, 0.6) is 11.5 Å². The van der Waals surface area contributed by atoms with Gasteiger partial charge < -0.3 is 24.6 Å². The molecule has 140 valence electrons. The lowest BCUT2D eigenvalue weighted by Gasteiger charge is -2.33. The fourth-order valence-electron chi connectivity index (χ4n) is 2.95. The summed E-state index contributed by atoms with van der Waals surface area (Å²) in [5, 5.41) is 2.91. The SMILES string of the molecule is CCN1CCN(CCCCNC(=O)COc2ccccc2OC)CC1. The van der Waals surface area contributed by atoms with Crippen molar-refractivity contribution in [2.45, 2.75) is 19.8 Å². The summed E-state index contributed by atoms with van der Waals surface area (Å²) in [6, 6.07) is 7.34. The molecule has 1 fully saturated rings. The Bertz CT molecular complexity index is 516. The summed E-state index contributed by atoms with van der Waals surface area (Å²) < 4.78 is 10.7. The molecule has 0 saturated carbocycles. The van der Waals surface area contributed by atoms with Crippen molar-refractivity contribution in [3.8, 4) is 11.5 Å². The molecular formula is C19H31N3O3. The number of nitrogens with zero attached hydrogens (tertiary/aromatic N) is 2. The minimum Gasteiger partial charge on any atom is -0.493 e. The molecular weight excluding hydrogens is 318 g/mol. The van der Waals surface area contributed by atoms with Gasteiger partial charge in [0.05, 0.1) is 7.11 Å². The molecule has 1 aliphatic rings. The van der Waals surface area contributed by atoms with Gasteiger partial charge >= 0.3 is 0 Å². The van der Waals surface area contributed by atoms with Crippen molar-refractivity contribution in [3.63, 3.8) is 0 Å². The van der Waals surface area contributed by atoms with Crippen LogP contribution in [0.1, 0.15) is 19.8 Å². The highest BCUT2D eigenvalue weighted by Gasteiger charge is 2.14. The van der Waals surface area contributed by atoms with Crippen LogP contribution >= 0.6 is 0 Å². The van der Waals surface area contributed by atoms with Gasteiger partial charge in [-0.3, -0.25) is 4.79 Å². The number of carbonyl (C=O) groups is 1. The predicted molar refractivity (Wildman–Crippen MR) is 99.3 cm³/mol. The first kappa shape index (κ1) is 19.5. The number of amides is 1. The van der Waals surface area contributed by atoms with E-state index in [4.69, 9.17) is 9.47 Å². The number of hydrogen-bond acceptors (Lipinski definition) is 5. The Morgan fingerprint density at radius 1 is 1.08 bits per heavy atom. The standard InChI is InChI=1S/C19H31N3O3/c1-3-21-12-14-22(15-13-21)11-7-6-10-20-19(23)16-25-18-9-5-4-8-17(18)24-2/h4-5,8-9H,3,6-7,10-16H2,1-2H3,(H,20,23). The second kappa shape index (κ2) is 10.9. The van der Waals surface area contributed by atoms with Crippen LogP contribution in [0.3, 0.4) is 0 Å². The number of ether oxygens (including phenoxy) is 2. The summed E-state index contributed by atoms with van der Waals surface area (Å²) in [6.45, 7) is 9.86. The van der Waals surface area contributed by atoms with Gasteiger partial charge in [0, 0.05) is 32.7 Å². The van der Waals surface area contributed by atoms with E-state index in [0.717, 1.165) is 39.0 Å². The zero-order valence-corrected chi connectivity index (χ0v) is 15.5. The van der Waals surface area contributed by atoms with Crippen LogP contribution in [0, 0.1) is 0 Å². The monoisotopic (exact) mass is 349 g/mol. The zero-order valence-electron chi connectivity index (χ0n) is 15.5. The Morgan fingerprint density at radius 2 is 1.76 bits per heavy atom. The molecule has 0 atom stereocenters. The number of piperazine rings is 1. The number of likely N-dealkylation sites (N-methyl/N-ethyl adjacent to an activating group) is 1. The number of rotatable bonds is 10. The molecule has 0 radical (unpaired) electrons. The Balaban J connectivity index is 1.52. The number of hydrogen-bond donors (Lipinski definition) is 1. The molecule has 6 heteroatoms. The lowest BCUT2D eigenvalue weighted by Crippen LogP contribution is -2.46. The molecule has 0 aliphatic carbocycles. The summed E-state index contributed by atoms with van der Waals surface area (Å²) in [4.78, 5) is 16.9. The van der Waals surface area contributed by atoms with E-state index < -0.39 is 0 Å². The summed E-state index contributed by atoms with van der Waals surface area (Å²) in [6.07, 6.45) is 2.11. The van der Waals surface area contributed by atoms with Crippen molar-refractivity contribution < 1.29 is 14.3 Å². The first-order valence-electron chi connectivity index (χ1n) is 9.20. The highest BCUT2D eigenvalue weighted by molar-refractivity contribution is 5.77. The van der Waals surface area contributed by atoms with E-state index >= 15 is 0 Å². The normalized spacial score (nSPS) is 15.8. The molecule has 1 amide bonds. The third-order valence-electron chi connectivity index (χ3n) is 4.56. The van der Waals surface area contributed by atoms with Crippen molar-refractivity contribution in [2.24, 2.45) is 0 Å². The number of benzene rings is 1. The van der Waals surface area contributed by atoms with E-state index in [1.807, 2.05) is 18.2 Å². The molecule has 1 aromatic rings. The van der Waals surface area contributed by atoms with Gasteiger partial charge in [0.15, 0.2) is 18.1 Å². The number of methoxy groups -OCH3 is 1. The van der Waals surface area contributed by atoms with Crippen molar-refractivity contribution in [3.05, 3.63) is 24.3 Å². The smallest absolute Gasteiger partial charge is 0.257 e. The van der Waals surface area contributed by atoms with Crippen LogP contribution in [0.15, 0.2) is 24.3 Å². The van der Waals surface area contributed by atoms with Gasteiger partial charge in [-0.15, -0.1) is 0 Å². The number of nitrogens with one attached hydrogen (secondary N) is 1. The number of carbonyl (C=O) groups excluding carboxylic acids is 1. The molecule has 0 bridgehead atoms. The summed E-state index contributed by atoms with van der Waals surface area (Å²) >= 11 is 0. The van der Waals surface area contributed by atoms with E-state index in [2.05, 4.69) is 22.0 Å². The molecule has 0 spiro atoms. The number of unbranched alkanes of at least 4 members (excludes halogenated alkanes) is 1. The fourth-order valence-corrected chi connectivity index (χ4v) is 2.95. The Labute approximate surface area is 151 Å². The van der Waals surface area contributed by atoms with Gasteiger partial charge in [-0.05, 0) is 38.1 Å². The average Bonchev–Trinajstić information content (AvgIpc) is 2.66. The van der Waals surface area contributed by atoms with Gasteiger partial charge in [0.2, 0.25) is 0 Å². The largest absolute Gasteiger partial charge is 0.493 e.